The van der Waals surface area contributed by atoms with E-state index in [0.717, 1.165) is 44.9 Å². The fraction of sp³-hybridized carbons (Fsp3) is 0.842. The molecule has 0 bridgehead atoms. The number of esters is 1. The molecule has 4 heteroatoms. The lowest BCUT2D eigenvalue weighted by Crippen LogP contribution is -2.27. The number of carboxylic acid groups (broad SMARTS) is 1. The molecule has 0 amide bonds. The van der Waals surface area contributed by atoms with Gasteiger partial charge in [0.05, 0.1) is 0 Å². The summed E-state index contributed by atoms with van der Waals surface area (Å²) in [7, 11) is 0. The molecule has 1 atom stereocenters. The van der Waals surface area contributed by atoms with E-state index in [9.17, 15) is 14.7 Å². The second-order valence-corrected chi connectivity index (χ2v) is 12.4. The third-order valence-corrected chi connectivity index (χ3v) is 8.20. The summed E-state index contributed by atoms with van der Waals surface area (Å²) in [6.07, 6.45) is 42.0. The van der Waals surface area contributed by atoms with Crippen molar-refractivity contribution in [2.75, 3.05) is 0 Å². The molecule has 1 unspecified atom stereocenters. The second-order valence-electron chi connectivity index (χ2n) is 12.4. The van der Waals surface area contributed by atoms with Gasteiger partial charge in [0.15, 0.2) is 6.10 Å². The molecular formula is C38H70O4. The molecule has 4 nitrogen and oxygen atoms in total. The molecule has 0 aliphatic carbocycles. The van der Waals surface area contributed by atoms with Crippen LogP contribution in [0.25, 0.3) is 0 Å². The van der Waals surface area contributed by atoms with Crippen LogP contribution in [0.15, 0.2) is 24.3 Å². The molecule has 0 spiro atoms. The van der Waals surface area contributed by atoms with Gasteiger partial charge in [0.2, 0.25) is 0 Å². The van der Waals surface area contributed by atoms with Crippen molar-refractivity contribution in [3.05, 3.63) is 24.3 Å². The van der Waals surface area contributed by atoms with Crippen LogP contribution < -0.4 is 0 Å². The zero-order valence-corrected chi connectivity index (χ0v) is 28.1. The summed E-state index contributed by atoms with van der Waals surface area (Å²) >= 11 is 0. The van der Waals surface area contributed by atoms with Gasteiger partial charge in [-0.2, -0.15) is 0 Å². The van der Waals surface area contributed by atoms with Crippen molar-refractivity contribution >= 4 is 11.9 Å². The number of hydrogen-bond acceptors (Lipinski definition) is 3. The maximum Gasteiger partial charge on any atom is 0.345 e. The molecule has 0 aliphatic heterocycles. The van der Waals surface area contributed by atoms with Crippen LogP contribution in [0.2, 0.25) is 0 Å². The monoisotopic (exact) mass is 591 g/mol. The number of carbonyl (C=O) groups excluding carboxylic acids is 1. The van der Waals surface area contributed by atoms with Gasteiger partial charge in [0.1, 0.15) is 0 Å². The predicted octanol–water partition coefficient (Wildman–Crippen LogP) is 12.4. The van der Waals surface area contributed by atoms with E-state index >= 15 is 0 Å². The van der Waals surface area contributed by atoms with Gasteiger partial charge in [-0.3, -0.25) is 4.79 Å². The highest BCUT2D eigenvalue weighted by Crippen LogP contribution is 2.16. The van der Waals surface area contributed by atoms with Crippen molar-refractivity contribution in [1.29, 1.82) is 0 Å². The maximum atomic E-state index is 12.2. The molecule has 0 rings (SSSR count). The Labute approximate surface area is 261 Å². The van der Waals surface area contributed by atoms with Crippen LogP contribution >= 0.6 is 0 Å². The third kappa shape index (κ3) is 31.4. The minimum atomic E-state index is -1.01. The number of rotatable bonds is 33. The van der Waals surface area contributed by atoms with Crippen molar-refractivity contribution in [3.8, 4) is 0 Å². The standard InChI is InChI=1S/C38H70O4/c1-3-5-7-9-11-13-15-17-19-20-21-23-25-27-29-31-33-35-37(39)42-36(38(40)41)34-32-30-28-26-24-22-18-16-14-12-10-8-6-4-2/h11,13,17,19,36H,3-10,12,14-16,18,20-35H2,1-2H3,(H,40,41)/b13-11-,19-17-. The molecule has 0 radical (unpaired) electrons. The van der Waals surface area contributed by atoms with Crippen molar-refractivity contribution in [2.24, 2.45) is 0 Å². The van der Waals surface area contributed by atoms with Gasteiger partial charge in [-0.25, -0.2) is 4.79 Å². The van der Waals surface area contributed by atoms with Crippen molar-refractivity contribution in [2.45, 2.75) is 206 Å². The molecule has 0 saturated carbocycles. The molecule has 0 aliphatic rings. The lowest BCUT2D eigenvalue weighted by Gasteiger charge is -2.13. The number of hydrogen-bond donors (Lipinski definition) is 1. The quantitative estimate of drug-likeness (QED) is 0.0469. The van der Waals surface area contributed by atoms with Crippen LogP contribution in [-0.4, -0.2) is 23.1 Å². The lowest BCUT2D eigenvalue weighted by molar-refractivity contribution is -0.164. The number of carbonyl (C=O) groups is 2. The van der Waals surface area contributed by atoms with Crippen LogP contribution in [0.3, 0.4) is 0 Å². The Morgan fingerprint density at radius 1 is 0.524 bits per heavy atom. The van der Waals surface area contributed by atoms with E-state index in [1.807, 2.05) is 0 Å². The first-order valence-corrected chi connectivity index (χ1v) is 18.3. The fourth-order valence-electron chi connectivity index (χ4n) is 5.41. The van der Waals surface area contributed by atoms with Crippen LogP contribution in [0.5, 0.6) is 0 Å². The summed E-state index contributed by atoms with van der Waals surface area (Å²) in [6.45, 7) is 4.51. The molecule has 0 aromatic heterocycles. The summed E-state index contributed by atoms with van der Waals surface area (Å²) in [5.74, 6) is -1.36. The Kier molecular flexibility index (Phi) is 32.6. The topological polar surface area (TPSA) is 63.6 Å². The molecule has 0 aromatic rings. The second kappa shape index (κ2) is 33.9. The molecule has 1 N–H and O–H groups in total. The first kappa shape index (κ1) is 40.4. The number of carboxylic acids is 1. The molecule has 0 aromatic carbocycles. The molecule has 0 heterocycles. The average Bonchev–Trinajstić information content (AvgIpc) is 2.98. The van der Waals surface area contributed by atoms with Crippen LogP contribution in [0, 0.1) is 0 Å². The fourth-order valence-corrected chi connectivity index (χ4v) is 5.41. The third-order valence-electron chi connectivity index (χ3n) is 8.20. The Hall–Kier alpha value is -1.58. The first-order chi connectivity index (χ1) is 20.6. The molecule has 0 saturated heterocycles. The summed E-state index contributed by atoms with van der Waals surface area (Å²) in [5, 5.41) is 9.46. The largest absolute Gasteiger partial charge is 0.479 e. The van der Waals surface area contributed by atoms with Crippen molar-refractivity contribution in [1.82, 2.24) is 0 Å². The highest BCUT2D eigenvalue weighted by molar-refractivity contribution is 5.77. The van der Waals surface area contributed by atoms with E-state index in [0.29, 0.717) is 12.8 Å². The highest BCUT2D eigenvalue weighted by Gasteiger charge is 2.21. The Bertz CT molecular complexity index is 639. The van der Waals surface area contributed by atoms with E-state index in [2.05, 4.69) is 38.2 Å². The van der Waals surface area contributed by atoms with Crippen LogP contribution in [0.4, 0.5) is 0 Å². The van der Waals surface area contributed by atoms with Gasteiger partial charge in [-0.05, 0) is 51.4 Å². The van der Waals surface area contributed by atoms with Gasteiger partial charge in [0.25, 0.3) is 0 Å². The van der Waals surface area contributed by atoms with Crippen molar-refractivity contribution in [3.63, 3.8) is 0 Å². The number of ether oxygens (including phenoxy) is 1. The smallest absolute Gasteiger partial charge is 0.345 e. The number of aliphatic carboxylic acids is 1. The highest BCUT2D eigenvalue weighted by atomic mass is 16.6. The average molecular weight is 591 g/mol. The van der Waals surface area contributed by atoms with E-state index in [4.69, 9.17) is 4.74 Å². The summed E-state index contributed by atoms with van der Waals surface area (Å²) in [5.41, 5.74) is 0. The van der Waals surface area contributed by atoms with Crippen LogP contribution in [-0.2, 0) is 14.3 Å². The Morgan fingerprint density at radius 2 is 0.905 bits per heavy atom. The van der Waals surface area contributed by atoms with Gasteiger partial charge in [0, 0.05) is 6.42 Å². The molecule has 246 valence electrons. The lowest BCUT2D eigenvalue weighted by atomic mass is 10.0. The van der Waals surface area contributed by atoms with E-state index in [-0.39, 0.29) is 5.97 Å². The number of allylic oxidation sites excluding steroid dienone is 4. The van der Waals surface area contributed by atoms with Gasteiger partial charge >= 0.3 is 11.9 Å². The summed E-state index contributed by atoms with van der Waals surface area (Å²) in [4.78, 5) is 23.7. The minimum Gasteiger partial charge on any atom is -0.479 e. The van der Waals surface area contributed by atoms with Gasteiger partial charge in [-0.1, -0.05) is 167 Å². The zero-order chi connectivity index (χ0) is 30.8. The predicted molar refractivity (Wildman–Crippen MR) is 181 cm³/mol. The minimum absolute atomic E-state index is 0.334. The summed E-state index contributed by atoms with van der Waals surface area (Å²) < 4.78 is 5.31. The first-order valence-electron chi connectivity index (χ1n) is 18.3. The maximum absolute atomic E-state index is 12.2. The Morgan fingerprint density at radius 3 is 1.38 bits per heavy atom. The molecule has 0 fully saturated rings. The molecular weight excluding hydrogens is 520 g/mol. The van der Waals surface area contributed by atoms with Gasteiger partial charge < -0.3 is 9.84 Å². The van der Waals surface area contributed by atoms with E-state index < -0.39 is 12.1 Å². The van der Waals surface area contributed by atoms with E-state index in [1.54, 1.807) is 0 Å². The number of unbranched alkanes of at least 4 members (excludes halogenated alkanes) is 23. The van der Waals surface area contributed by atoms with Crippen molar-refractivity contribution < 1.29 is 19.4 Å². The SMILES string of the molecule is CCCCC/C=C\C/C=C\CCCCCCCCCC(=O)OC(CCCCCCCCCCCCCCCC)C(=O)O. The summed E-state index contributed by atoms with van der Waals surface area (Å²) in [6, 6.07) is 0. The van der Waals surface area contributed by atoms with Crippen LogP contribution in [0.1, 0.15) is 200 Å². The van der Waals surface area contributed by atoms with Gasteiger partial charge in [-0.15, -0.1) is 0 Å². The normalized spacial score (nSPS) is 12.4. The zero-order valence-electron chi connectivity index (χ0n) is 28.1. The Balaban J connectivity index is 3.57. The molecule has 42 heavy (non-hydrogen) atoms. The van der Waals surface area contributed by atoms with E-state index in [1.165, 1.54) is 128 Å².